The fourth-order valence-electron chi connectivity index (χ4n) is 1.53. The number of aliphatic hydroxyl groups is 1. The standard InChI is InChI=1S/C10H11ClFNO2/c11-6-1-7(12)3-8(2-6)13-9-4-15-5-10(9)14/h1-3,9-10,13-14H,4-5H2. The summed E-state index contributed by atoms with van der Waals surface area (Å²) >= 11 is 5.70. The van der Waals surface area contributed by atoms with Crippen LogP contribution in [0.4, 0.5) is 10.1 Å². The van der Waals surface area contributed by atoms with Gasteiger partial charge in [-0.15, -0.1) is 0 Å². The van der Waals surface area contributed by atoms with Gasteiger partial charge < -0.3 is 15.2 Å². The van der Waals surface area contributed by atoms with E-state index in [1.54, 1.807) is 6.07 Å². The molecule has 1 fully saturated rings. The zero-order valence-electron chi connectivity index (χ0n) is 7.91. The number of ether oxygens (including phenoxy) is 1. The number of rotatable bonds is 2. The van der Waals surface area contributed by atoms with Gasteiger partial charge in [0.1, 0.15) is 5.82 Å². The van der Waals surface area contributed by atoms with Gasteiger partial charge in [-0.1, -0.05) is 11.6 Å². The SMILES string of the molecule is OC1COCC1Nc1cc(F)cc(Cl)c1. The van der Waals surface area contributed by atoms with Crippen molar-refractivity contribution in [2.24, 2.45) is 0 Å². The van der Waals surface area contributed by atoms with E-state index in [0.29, 0.717) is 23.9 Å². The molecule has 0 amide bonds. The van der Waals surface area contributed by atoms with Crippen LogP contribution in [0, 0.1) is 5.82 Å². The Labute approximate surface area is 91.8 Å². The average molecular weight is 232 g/mol. The molecular formula is C10H11ClFNO2. The molecule has 5 heteroatoms. The van der Waals surface area contributed by atoms with Crippen molar-refractivity contribution in [3.8, 4) is 0 Å². The lowest BCUT2D eigenvalue weighted by atomic mass is 10.2. The van der Waals surface area contributed by atoms with Gasteiger partial charge in [0.25, 0.3) is 0 Å². The molecule has 0 aromatic heterocycles. The smallest absolute Gasteiger partial charge is 0.126 e. The molecule has 82 valence electrons. The monoisotopic (exact) mass is 231 g/mol. The number of hydrogen-bond acceptors (Lipinski definition) is 3. The summed E-state index contributed by atoms with van der Waals surface area (Å²) in [6, 6.07) is 3.96. The number of aliphatic hydroxyl groups excluding tert-OH is 1. The minimum absolute atomic E-state index is 0.206. The van der Waals surface area contributed by atoms with Crippen LogP contribution in [0.1, 0.15) is 0 Å². The van der Waals surface area contributed by atoms with Gasteiger partial charge >= 0.3 is 0 Å². The summed E-state index contributed by atoms with van der Waals surface area (Å²) in [7, 11) is 0. The fourth-order valence-corrected chi connectivity index (χ4v) is 1.75. The summed E-state index contributed by atoms with van der Waals surface area (Å²) in [4.78, 5) is 0. The van der Waals surface area contributed by atoms with Crippen molar-refractivity contribution in [2.75, 3.05) is 18.5 Å². The molecular weight excluding hydrogens is 221 g/mol. The van der Waals surface area contributed by atoms with Crippen LogP contribution in [-0.2, 0) is 4.74 Å². The number of hydrogen-bond donors (Lipinski definition) is 2. The van der Waals surface area contributed by atoms with E-state index in [1.807, 2.05) is 0 Å². The molecule has 0 radical (unpaired) electrons. The molecule has 2 unspecified atom stereocenters. The Bertz CT molecular complexity index is 341. The number of halogens is 2. The highest BCUT2D eigenvalue weighted by Crippen LogP contribution is 2.20. The third-order valence-electron chi connectivity index (χ3n) is 2.27. The Kier molecular flexibility index (Phi) is 3.09. The summed E-state index contributed by atoms with van der Waals surface area (Å²) in [6.07, 6.45) is -0.563. The van der Waals surface area contributed by atoms with Crippen molar-refractivity contribution in [3.63, 3.8) is 0 Å². The maximum Gasteiger partial charge on any atom is 0.126 e. The molecule has 1 aliphatic rings. The van der Waals surface area contributed by atoms with Crippen molar-refractivity contribution < 1.29 is 14.2 Å². The average Bonchev–Trinajstić information content (AvgIpc) is 2.50. The Morgan fingerprint density at radius 1 is 1.40 bits per heavy atom. The van der Waals surface area contributed by atoms with E-state index in [1.165, 1.54) is 12.1 Å². The quantitative estimate of drug-likeness (QED) is 0.813. The maximum atomic E-state index is 13.0. The third kappa shape index (κ3) is 2.59. The molecule has 2 N–H and O–H groups in total. The van der Waals surface area contributed by atoms with Crippen LogP contribution >= 0.6 is 11.6 Å². The Morgan fingerprint density at radius 2 is 2.20 bits per heavy atom. The highest BCUT2D eigenvalue weighted by atomic mass is 35.5. The lowest BCUT2D eigenvalue weighted by molar-refractivity contribution is 0.125. The molecule has 0 bridgehead atoms. The largest absolute Gasteiger partial charge is 0.388 e. The van der Waals surface area contributed by atoms with E-state index in [0.717, 1.165) is 0 Å². The molecule has 15 heavy (non-hydrogen) atoms. The first kappa shape index (κ1) is 10.7. The summed E-state index contributed by atoms with van der Waals surface area (Å²) < 4.78 is 18.0. The van der Waals surface area contributed by atoms with Gasteiger partial charge in [0.05, 0.1) is 25.4 Å². The lowest BCUT2D eigenvalue weighted by Gasteiger charge is -2.16. The molecule has 3 nitrogen and oxygen atoms in total. The molecule has 1 aromatic carbocycles. The summed E-state index contributed by atoms with van der Waals surface area (Å²) in [5.41, 5.74) is 0.551. The van der Waals surface area contributed by atoms with E-state index in [9.17, 15) is 9.50 Å². The van der Waals surface area contributed by atoms with Crippen molar-refractivity contribution in [1.82, 2.24) is 0 Å². The second-order valence-electron chi connectivity index (χ2n) is 3.51. The summed E-state index contributed by atoms with van der Waals surface area (Å²) in [5, 5.41) is 12.8. The van der Waals surface area contributed by atoms with Crippen LogP contribution in [0.25, 0.3) is 0 Å². The van der Waals surface area contributed by atoms with Gasteiger partial charge in [-0.3, -0.25) is 0 Å². The number of anilines is 1. The first-order valence-electron chi connectivity index (χ1n) is 4.63. The number of benzene rings is 1. The number of nitrogens with one attached hydrogen (secondary N) is 1. The molecule has 0 aliphatic carbocycles. The Morgan fingerprint density at radius 3 is 2.80 bits per heavy atom. The predicted molar refractivity (Wildman–Crippen MR) is 55.6 cm³/mol. The van der Waals surface area contributed by atoms with Crippen LogP contribution in [-0.4, -0.2) is 30.5 Å². The Hall–Kier alpha value is -0.840. The van der Waals surface area contributed by atoms with Crippen LogP contribution in [0.5, 0.6) is 0 Å². The predicted octanol–water partition coefficient (Wildman–Crippen LogP) is 1.65. The topological polar surface area (TPSA) is 41.5 Å². The molecule has 1 aromatic rings. The zero-order valence-corrected chi connectivity index (χ0v) is 8.67. The maximum absolute atomic E-state index is 13.0. The Balaban J connectivity index is 2.10. The van der Waals surface area contributed by atoms with Gasteiger partial charge in [0.2, 0.25) is 0 Å². The molecule has 0 spiro atoms. The molecule has 0 saturated carbocycles. The highest BCUT2D eigenvalue weighted by molar-refractivity contribution is 6.30. The fraction of sp³-hybridized carbons (Fsp3) is 0.400. The molecule has 1 aliphatic heterocycles. The molecule has 1 heterocycles. The van der Waals surface area contributed by atoms with E-state index >= 15 is 0 Å². The second-order valence-corrected chi connectivity index (χ2v) is 3.95. The van der Waals surface area contributed by atoms with Crippen LogP contribution < -0.4 is 5.32 Å². The third-order valence-corrected chi connectivity index (χ3v) is 2.48. The first-order chi connectivity index (χ1) is 7.15. The van der Waals surface area contributed by atoms with E-state index in [4.69, 9.17) is 16.3 Å². The van der Waals surface area contributed by atoms with Gasteiger partial charge in [0.15, 0.2) is 0 Å². The normalized spacial score (nSPS) is 25.5. The second kappa shape index (κ2) is 4.35. The zero-order chi connectivity index (χ0) is 10.8. The van der Waals surface area contributed by atoms with Gasteiger partial charge in [0, 0.05) is 10.7 Å². The highest BCUT2D eigenvalue weighted by Gasteiger charge is 2.25. The lowest BCUT2D eigenvalue weighted by Crippen LogP contribution is -2.31. The van der Waals surface area contributed by atoms with E-state index in [2.05, 4.69) is 5.32 Å². The van der Waals surface area contributed by atoms with E-state index < -0.39 is 11.9 Å². The van der Waals surface area contributed by atoms with Crippen LogP contribution in [0.2, 0.25) is 5.02 Å². The van der Waals surface area contributed by atoms with Gasteiger partial charge in [-0.05, 0) is 18.2 Å². The minimum atomic E-state index is -0.563. The van der Waals surface area contributed by atoms with Crippen LogP contribution in [0.3, 0.4) is 0 Å². The van der Waals surface area contributed by atoms with Gasteiger partial charge in [-0.2, -0.15) is 0 Å². The van der Waals surface area contributed by atoms with Gasteiger partial charge in [-0.25, -0.2) is 4.39 Å². The molecule has 2 rings (SSSR count). The van der Waals surface area contributed by atoms with Crippen molar-refractivity contribution in [2.45, 2.75) is 12.1 Å². The van der Waals surface area contributed by atoms with Crippen molar-refractivity contribution >= 4 is 17.3 Å². The van der Waals surface area contributed by atoms with Crippen molar-refractivity contribution in [1.29, 1.82) is 0 Å². The first-order valence-corrected chi connectivity index (χ1v) is 5.01. The van der Waals surface area contributed by atoms with Crippen molar-refractivity contribution in [3.05, 3.63) is 29.0 Å². The molecule has 2 atom stereocenters. The van der Waals surface area contributed by atoms with E-state index in [-0.39, 0.29) is 6.04 Å². The summed E-state index contributed by atoms with van der Waals surface area (Å²) in [5.74, 6) is -0.404. The molecule has 1 saturated heterocycles. The summed E-state index contributed by atoms with van der Waals surface area (Å²) in [6.45, 7) is 0.718. The minimum Gasteiger partial charge on any atom is -0.388 e. The van der Waals surface area contributed by atoms with Crippen LogP contribution in [0.15, 0.2) is 18.2 Å².